The van der Waals surface area contributed by atoms with Crippen molar-refractivity contribution in [3.05, 3.63) is 57.3 Å². The molecule has 0 aliphatic carbocycles. The smallest absolute Gasteiger partial charge is 0.216 e. The maximum absolute atomic E-state index is 9.85. The number of hydrogen-bond donors (Lipinski definition) is 3. The SMILES string of the molecule is CCOc1ccc(-c2n[nH]c(=S)n2N/N=C\c2cc(Br)ccc2O)cc1. The molecule has 0 bridgehead atoms. The topological polar surface area (TPSA) is 87.5 Å². The van der Waals surface area contributed by atoms with Crippen molar-refractivity contribution in [2.45, 2.75) is 6.92 Å². The standard InChI is InChI=1S/C17H16BrN5O2S/c1-2-25-14-6-3-11(4-7-14)16-20-21-17(26)23(16)22-19-10-12-9-13(18)5-8-15(12)24/h3-10,22,24H,2H2,1H3,(H,21,26)/b19-10-. The number of phenolic OH excluding ortho intramolecular Hbond substituents is 1. The van der Waals surface area contributed by atoms with Crippen LogP contribution < -0.4 is 10.3 Å². The molecule has 0 fully saturated rings. The van der Waals surface area contributed by atoms with Crippen LogP contribution >= 0.6 is 28.1 Å². The lowest BCUT2D eigenvalue weighted by Crippen LogP contribution is -2.10. The fraction of sp³-hybridized carbons (Fsp3) is 0.118. The van der Waals surface area contributed by atoms with Gasteiger partial charge in [0.25, 0.3) is 0 Å². The molecule has 1 heterocycles. The number of H-pyrrole nitrogens is 1. The van der Waals surface area contributed by atoms with E-state index in [0.29, 0.717) is 22.8 Å². The fourth-order valence-electron chi connectivity index (χ4n) is 2.24. The van der Waals surface area contributed by atoms with E-state index in [1.54, 1.807) is 18.2 Å². The Balaban J connectivity index is 1.83. The van der Waals surface area contributed by atoms with Gasteiger partial charge >= 0.3 is 0 Å². The van der Waals surface area contributed by atoms with Gasteiger partial charge in [0.1, 0.15) is 11.5 Å². The molecule has 0 unspecified atom stereocenters. The van der Waals surface area contributed by atoms with Gasteiger partial charge in [0.05, 0.1) is 12.8 Å². The van der Waals surface area contributed by atoms with Gasteiger partial charge in [0.15, 0.2) is 5.82 Å². The zero-order valence-corrected chi connectivity index (χ0v) is 16.2. The van der Waals surface area contributed by atoms with Crippen LogP contribution in [0.25, 0.3) is 11.4 Å². The van der Waals surface area contributed by atoms with Crippen molar-refractivity contribution >= 4 is 34.4 Å². The number of phenols is 1. The molecule has 0 aliphatic heterocycles. The number of aromatic hydroxyl groups is 1. The van der Waals surface area contributed by atoms with E-state index in [4.69, 9.17) is 17.0 Å². The minimum Gasteiger partial charge on any atom is -0.507 e. The maximum Gasteiger partial charge on any atom is 0.216 e. The Morgan fingerprint density at radius 2 is 2.12 bits per heavy atom. The third-order valence-corrected chi connectivity index (χ3v) is 4.21. The number of benzene rings is 2. The van der Waals surface area contributed by atoms with E-state index in [0.717, 1.165) is 15.8 Å². The van der Waals surface area contributed by atoms with Crippen molar-refractivity contribution in [2.75, 3.05) is 12.1 Å². The van der Waals surface area contributed by atoms with E-state index in [1.807, 2.05) is 31.2 Å². The number of halogens is 1. The van der Waals surface area contributed by atoms with Crippen LogP contribution in [0.1, 0.15) is 12.5 Å². The van der Waals surface area contributed by atoms with Gasteiger partial charge in [-0.3, -0.25) is 0 Å². The molecule has 0 amide bonds. The lowest BCUT2D eigenvalue weighted by Gasteiger charge is -2.07. The van der Waals surface area contributed by atoms with Crippen LogP contribution in [0.2, 0.25) is 0 Å². The molecular weight excluding hydrogens is 418 g/mol. The molecule has 0 aliphatic rings. The summed E-state index contributed by atoms with van der Waals surface area (Å²) in [7, 11) is 0. The first-order valence-electron chi connectivity index (χ1n) is 7.76. The molecule has 134 valence electrons. The number of rotatable bonds is 6. The number of hydrazone groups is 1. The highest BCUT2D eigenvalue weighted by Gasteiger charge is 2.08. The summed E-state index contributed by atoms with van der Waals surface area (Å²) >= 11 is 8.60. The van der Waals surface area contributed by atoms with E-state index in [9.17, 15) is 5.11 Å². The monoisotopic (exact) mass is 433 g/mol. The molecule has 0 radical (unpaired) electrons. The quantitative estimate of drug-likeness (QED) is 0.310. The van der Waals surface area contributed by atoms with E-state index < -0.39 is 0 Å². The second-order valence-corrected chi connectivity index (χ2v) is 6.51. The Morgan fingerprint density at radius 3 is 2.85 bits per heavy atom. The summed E-state index contributed by atoms with van der Waals surface area (Å²) in [6, 6.07) is 12.6. The summed E-state index contributed by atoms with van der Waals surface area (Å²) in [5.41, 5.74) is 4.23. The van der Waals surface area contributed by atoms with Gasteiger partial charge < -0.3 is 9.84 Å². The Labute approximate surface area is 163 Å². The van der Waals surface area contributed by atoms with Crippen LogP contribution in [0.3, 0.4) is 0 Å². The fourth-order valence-corrected chi connectivity index (χ4v) is 2.79. The molecule has 0 saturated heterocycles. The first-order valence-corrected chi connectivity index (χ1v) is 8.97. The van der Waals surface area contributed by atoms with E-state index in [1.165, 1.54) is 10.9 Å². The van der Waals surface area contributed by atoms with Crippen molar-refractivity contribution in [1.82, 2.24) is 14.9 Å². The van der Waals surface area contributed by atoms with E-state index in [2.05, 4.69) is 36.8 Å². The number of ether oxygens (including phenoxy) is 1. The average Bonchev–Trinajstić information content (AvgIpc) is 3.00. The molecule has 9 heteroatoms. The van der Waals surface area contributed by atoms with Gasteiger partial charge in [0, 0.05) is 15.6 Å². The Hall–Kier alpha value is -2.65. The summed E-state index contributed by atoms with van der Waals surface area (Å²) in [6.45, 7) is 2.54. The molecule has 26 heavy (non-hydrogen) atoms. The first kappa shape index (κ1) is 18.2. The van der Waals surface area contributed by atoms with Crippen LogP contribution in [-0.4, -0.2) is 32.8 Å². The van der Waals surface area contributed by atoms with E-state index in [-0.39, 0.29) is 5.75 Å². The first-order chi connectivity index (χ1) is 12.6. The van der Waals surface area contributed by atoms with Gasteiger partial charge in [-0.05, 0) is 61.6 Å². The highest BCUT2D eigenvalue weighted by atomic mass is 79.9. The molecule has 3 N–H and O–H groups in total. The Morgan fingerprint density at radius 1 is 1.35 bits per heavy atom. The summed E-state index contributed by atoms with van der Waals surface area (Å²) < 4.78 is 8.19. The highest BCUT2D eigenvalue weighted by Crippen LogP contribution is 2.21. The number of nitrogens with zero attached hydrogens (tertiary/aromatic N) is 3. The van der Waals surface area contributed by atoms with E-state index >= 15 is 0 Å². The average molecular weight is 434 g/mol. The van der Waals surface area contributed by atoms with Crippen molar-refractivity contribution in [3.8, 4) is 22.9 Å². The summed E-state index contributed by atoms with van der Waals surface area (Å²) in [4.78, 5) is 0. The number of aromatic nitrogens is 3. The van der Waals surface area contributed by atoms with Gasteiger partial charge in [0.2, 0.25) is 4.77 Å². The van der Waals surface area contributed by atoms with Crippen LogP contribution in [0.4, 0.5) is 0 Å². The predicted molar refractivity (Wildman–Crippen MR) is 107 cm³/mol. The van der Waals surface area contributed by atoms with Gasteiger partial charge in [-0.15, -0.1) is 0 Å². The van der Waals surface area contributed by atoms with Crippen molar-refractivity contribution in [3.63, 3.8) is 0 Å². The highest BCUT2D eigenvalue weighted by molar-refractivity contribution is 9.10. The number of hydrogen-bond acceptors (Lipinski definition) is 6. The lowest BCUT2D eigenvalue weighted by atomic mass is 10.2. The minimum atomic E-state index is 0.126. The zero-order valence-electron chi connectivity index (χ0n) is 13.8. The summed E-state index contributed by atoms with van der Waals surface area (Å²) in [6.07, 6.45) is 1.50. The third kappa shape index (κ3) is 4.12. The lowest BCUT2D eigenvalue weighted by molar-refractivity contribution is 0.340. The molecule has 1 aromatic heterocycles. The van der Waals surface area contributed by atoms with Crippen LogP contribution in [0.15, 0.2) is 52.0 Å². The largest absolute Gasteiger partial charge is 0.507 e. The molecule has 0 spiro atoms. The normalized spacial score (nSPS) is 11.0. The minimum absolute atomic E-state index is 0.126. The zero-order chi connectivity index (χ0) is 18.5. The van der Waals surface area contributed by atoms with Crippen molar-refractivity contribution < 1.29 is 9.84 Å². The Bertz CT molecular complexity index is 982. The summed E-state index contributed by atoms with van der Waals surface area (Å²) in [5.74, 6) is 1.49. The van der Waals surface area contributed by atoms with Gasteiger partial charge in [-0.25, -0.2) is 10.6 Å². The second kappa shape index (κ2) is 8.15. The second-order valence-electron chi connectivity index (χ2n) is 5.21. The van der Waals surface area contributed by atoms with Crippen molar-refractivity contribution in [1.29, 1.82) is 0 Å². The van der Waals surface area contributed by atoms with Crippen molar-refractivity contribution in [2.24, 2.45) is 5.10 Å². The third-order valence-electron chi connectivity index (χ3n) is 3.45. The molecule has 0 saturated carbocycles. The molecule has 3 rings (SSSR count). The Kier molecular flexibility index (Phi) is 5.69. The van der Waals surface area contributed by atoms with Crippen LogP contribution in [0, 0.1) is 4.77 Å². The summed E-state index contributed by atoms with van der Waals surface area (Å²) in [5, 5.41) is 21.0. The molecule has 3 aromatic rings. The number of nitrogens with one attached hydrogen (secondary N) is 2. The van der Waals surface area contributed by atoms with Crippen LogP contribution in [-0.2, 0) is 0 Å². The number of aromatic amines is 1. The molecule has 2 aromatic carbocycles. The molecule has 7 nitrogen and oxygen atoms in total. The molecular formula is C17H16BrN5O2S. The maximum atomic E-state index is 9.85. The van der Waals surface area contributed by atoms with Gasteiger partial charge in [-0.1, -0.05) is 15.9 Å². The van der Waals surface area contributed by atoms with Crippen LogP contribution in [0.5, 0.6) is 11.5 Å². The predicted octanol–water partition coefficient (Wildman–Crippen LogP) is 4.05. The molecule has 0 atom stereocenters. The van der Waals surface area contributed by atoms with Gasteiger partial charge in [-0.2, -0.15) is 14.9 Å².